The number of carboxylic acid groups (broad SMARTS) is 1. The van der Waals surface area contributed by atoms with E-state index in [1.807, 2.05) is 13.8 Å². The largest absolute Gasteiger partial charge is 0.480 e. The molecule has 0 aliphatic rings. The summed E-state index contributed by atoms with van der Waals surface area (Å²) in [5.41, 5.74) is 5.34. The highest BCUT2D eigenvalue weighted by Gasteiger charge is 2.17. The minimum atomic E-state index is -1.17. The first-order valence-electron chi connectivity index (χ1n) is 4.70. The molecule has 0 aromatic carbocycles. The number of aromatic nitrogens is 2. The number of H-pyrrole nitrogens is 1. The van der Waals surface area contributed by atoms with Gasteiger partial charge in [0.15, 0.2) is 0 Å². The number of carboxylic acids is 1. The summed E-state index contributed by atoms with van der Waals surface area (Å²) in [6.07, 6.45) is 0. The van der Waals surface area contributed by atoms with E-state index in [1.165, 1.54) is 10.7 Å². The Kier molecular flexibility index (Phi) is 3.31. The van der Waals surface area contributed by atoms with Crippen LogP contribution in [0.4, 0.5) is 0 Å². The minimum absolute atomic E-state index is 0.230. The van der Waals surface area contributed by atoms with Crippen LogP contribution in [0.25, 0.3) is 0 Å². The van der Waals surface area contributed by atoms with Crippen molar-refractivity contribution in [3.05, 3.63) is 22.1 Å². The molecule has 4 N–H and O–H groups in total. The first kappa shape index (κ1) is 11.5. The predicted molar refractivity (Wildman–Crippen MR) is 54.5 cm³/mol. The van der Waals surface area contributed by atoms with Gasteiger partial charge in [-0.3, -0.25) is 19.4 Å². The van der Waals surface area contributed by atoms with Crippen molar-refractivity contribution in [2.45, 2.75) is 26.4 Å². The van der Waals surface area contributed by atoms with Crippen LogP contribution in [0, 0.1) is 5.92 Å². The Hall–Kier alpha value is -1.56. The van der Waals surface area contributed by atoms with Crippen molar-refractivity contribution in [1.29, 1.82) is 0 Å². The van der Waals surface area contributed by atoms with E-state index in [-0.39, 0.29) is 11.3 Å². The standard InChI is InChI=1S/C9H15N3O3/c1-5(2)4-12-7(13)3-6(11-12)8(10)9(14)15/h3,5,8,11H,4,10H2,1-2H3,(H,14,15). The van der Waals surface area contributed by atoms with Crippen molar-refractivity contribution < 1.29 is 9.90 Å². The van der Waals surface area contributed by atoms with Crippen LogP contribution in [0.15, 0.2) is 10.9 Å². The molecule has 0 aliphatic heterocycles. The Morgan fingerprint density at radius 3 is 2.73 bits per heavy atom. The molecule has 1 heterocycles. The van der Waals surface area contributed by atoms with Crippen LogP contribution in [0.5, 0.6) is 0 Å². The second-order valence-electron chi connectivity index (χ2n) is 3.87. The molecule has 1 aromatic rings. The molecule has 0 bridgehead atoms. The molecule has 6 nitrogen and oxygen atoms in total. The summed E-state index contributed by atoms with van der Waals surface area (Å²) in [7, 11) is 0. The predicted octanol–water partition coefficient (Wildman–Crippen LogP) is -0.0832. The van der Waals surface area contributed by atoms with Gasteiger partial charge in [-0.1, -0.05) is 13.8 Å². The molecule has 84 valence electrons. The lowest BCUT2D eigenvalue weighted by atomic mass is 10.2. The van der Waals surface area contributed by atoms with Gasteiger partial charge in [0.05, 0.1) is 5.69 Å². The highest BCUT2D eigenvalue weighted by Crippen LogP contribution is 2.05. The Morgan fingerprint density at radius 2 is 2.27 bits per heavy atom. The molecule has 6 heteroatoms. The number of carbonyl (C=O) groups is 1. The van der Waals surface area contributed by atoms with Gasteiger partial charge >= 0.3 is 5.97 Å². The van der Waals surface area contributed by atoms with Gasteiger partial charge in [0, 0.05) is 12.6 Å². The summed E-state index contributed by atoms with van der Waals surface area (Å²) in [5.74, 6) is -0.858. The van der Waals surface area contributed by atoms with Crippen LogP contribution in [0.2, 0.25) is 0 Å². The fraction of sp³-hybridized carbons (Fsp3) is 0.556. The molecule has 0 saturated carbocycles. The normalized spacial score (nSPS) is 13.1. The summed E-state index contributed by atoms with van der Waals surface area (Å²) in [5, 5.41) is 11.4. The van der Waals surface area contributed by atoms with Gasteiger partial charge < -0.3 is 10.8 Å². The second-order valence-corrected chi connectivity index (χ2v) is 3.87. The quantitative estimate of drug-likeness (QED) is 0.650. The van der Waals surface area contributed by atoms with Crippen molar-refractivity contribution in [1.82, 2.24) is 9.78 Å². The zero-order chi connectivity index (χ0) is 11.6. The Balaban J connectivity index is 2.95. The zero-order valence-electron chi connectivity index (χ0n) is 8.73. The monoisotopic (exact) mass is 213 g/mol. The molecule has 0 spiro atoms. The van der Waals surface area contributed by atoms with E-state index in [4.69, 9.17) is 10.8 Å². The molecule has 0 radical (unpaired) electrons. The number of nitrogens with one attached hydrogen (secondary N) is 1. The van der Waals surface area contributed by atoms with Gasteiger partial charge in [0.25, 0.3) is 5.56 Å². The SMILES string of the molecule is CC(C)Cn1[nH]c(C(N)C(=O)O)cc1=O. The number of rotatable bonds is 4. The maximum atomic E-state index is 11.4. The smallest absolute Gasteiger partial charge is 0.326 e. The first-order chi connectivity index (χ1) is 6.91. The summed E-state index contributed by atoms with van der Waals surface area (Å²) >= 11 is 0. The van der Waals surface area contributed by atoms with Gasteiger partial charge in [-0.25, -0.2) is 0 Å². The van der Waals surface area contributed by atoms with Crippen molar-refractivity contribution in [3.63, 3.8) is 0 Å². The maximum absolute atomic E-state index is 11.4. The van der Waals surface area contributed by atoms with Crippen molar-refractivity contribution in [3.8, 4) is 0 Å². The van der Waals surface area contributed by atoms with E-state index in [2.05, 4.69) is 5.10 Å². The highest BCUT2D eigenvalue weighted by atomic mass is 16.4. The second kappa shape index (κ2) is 4.31. The van der Waals surface area contributed by atoms with Crippen LogP contribution in [-0.2, 0) is 11.3 Å². The van der Waals surface area contributed by atoms with E-state index < -0.39 is 12.0 Å². The first-order valence-corrected chi connectivity index (χ1v) is 4.70. The van der Waals surface area contributed by atoms with Crippen LogP contribution >= 0.6 is 0 Å². The number of aromatic amines is 1. The van der Waals surface area contributed by atoms with Gasteiger partial charge in [0.1, 0.15) is 6.04 Å². The molecular formula is C9H15N3O3. The topological polar surface area (TPSA) is 101 Å². The molecule has 0 saturated heterocycles. The lowest BCUT2D eigenvalue weighted by Gasteiger charge is -2.06. The number of hydrogen-bond donors (Lipinski definition) is 3. The van der Waals surface area contributed by atoms with Crippen molar-refractivity contribution >= 4 is 5.97 Å². The van der Waals surface area contributed by atoms with E-state index in [0.29, 0.717) is 12.5 Å². The third-order valence-corrected chi connectivity index (χ3v) is 1.96. The minimum Gasteiger partial charge on any atom is -0.480 e. The van der Waals surface area contributed by atoms with Crippen LogP contribution < -0.4 is 11.3 Å². The molecule has 0 fully saturated rings. The molecule has 0 amide bonds. The summed E-state index contributed by atoms with van der Waals surface area (Å²) in [6.45, 7) is 4.44. The van der Waals surface area contributed by atoms with Gasteiger partial charge in [0.2, 0.25) is 0 Å². The highest BCUT2D eigenvalue weighted by molar-refractivity contribution is 5.74. The summed E-state index contributed by atoms with van der Waals surface area (Å²) in [6, 6.07) is 0.0485. The lowest BCUT2D eigenvalue weighted by molar-refractivity contribution is -0.138. The molecule has 15 heavy (non-hydrogen) atoms. The average molecular weight is 213 g/mol. The van der Waals surface area contributed by atoms with Gasteiger partial charge in [-0.2, -0.15) is 0 Å². The van der Waals surface area contributed by atoms with Crippen LogP contribution in [0.1, 0.15) is 25.6 Å². The average Bonchev–Trinajstić information content (AvgIpc) is 2.45. The summed E-state index contributed by atoms with van der Waals surface area (Å²) < 4.78 is 1.36. The van der Waals surface area contributed by atoms with E-state index in [0.717, 1.165) is 0 Å². The third kappa shape index (κ3) is 2.69. The van der Waals surface area contributed by atoms with Crippen molar-refractivity contribution in [2.75, 3.05) is 0 Å². The fourth-order valence-corrected chi connectivity index (χ4v) is 1.25. The third-order valence-electron chi connectivity index (χ3n) is 1.96. The van der Waals surface area contributed by atoms with Crippen molar-refractivity contribution in [2.24, 2.45) is 11.7 Å². The molecular weight excluding hydrogens is 198 g/mol. The number of nitrogens with zero attached hydrogens (tertiary/aromatic N) is 1. The van der Waals surface area contributed by atoms with Gasteiger partial charge in [-0.15, -0.1) is 0 Å². The Morgan fingerprint density at radius 1 is 1.67 bits per heavy atom. The molecule has 1 rings (SSSR count). The molecule has 1 atom stereocenters. The number of hydrogen-bond acceptors (Lipinski definition) is 3. The lowest BCUT2D eigenvalue weighted by Crippen LogP contribution is -2.21. The van der Waals surface area contributed by atoms with Gasteiger partial charge in [-0.05, 0) is 5.92 Å². The Bertz CT molecular complexity index is 405. The summed E-state index contributed by atoms with van der Waals surface area (Å²) in [4.78, 5) is 22.0. The number of aliphatic carboxylic acids is 1. The molecule has 1 aromatic heterocycles. The van der Waals surface area contributed by atoms with E-state index in [1.54, 1.807) is 0 Å². The Labute approximate surface area is 86.7 Å². The molecule has 1 unspecified atom stereocenters. The van der Waals surface area contributed by atoms with E-state index >= 15 is 0 Å². The van der Waals surface area contributed by atoms with Crippen LogP contribution in [0.3, 0.4) is 0 Å². The van der Waals surface area contributed by atoms with Crippen LogP contribution in [-0.4, -0.2) is 20.9 Å². The fourth-order valence-electron chi connectivity index (χ4n) is 1.25. The van der Waals surface area contributed by atoms with E-state index in [9.17, 15) is 9.59 Å². The number of nitrogens with two attached hydrogens (primary N) is 1. The molecule has 0 aliphatic carbocycles. The maximum Gasteiger partial charge on any atom is 0.326 e. The zero-order valence-corrected chi connectivity index (χ0v) is 8.73.